The fourth-order valence-electron chi connectivity index (χ4n) is 2.04. The quantitative estimate of drug-likeness (QED) is 0.862. The van der Waals surface area contributed by atoms with Gasteiger partial charge in [0.2, 0.25) is 0 Å². The molecule has 1 atom stereocenters. The van der Waals surface area contributed by atoms with Gasteiger partial charge in [-0.2, -0.15) is 0 Å². The van der Waals surface area contributed by atoms with Crippen LogP contribution in [0.2, 0.25) is 0 Å². The minimum absolute atomic E-state index is 0.343. The minimum atomic E-state index is 0.343. The molecule has 21 heavy (non-hydrogen) atoms. The van der Waals surface area contributed by atoms with E-state index in [4.69, 9.17) is 4.74 Å². The van der Waals surface area contributed by atoms with E-state index in [1.165, 1.54) is 5.56 Å². The molecule has 0 aromatic heterocycles. The van der Waals surface area contributed by atoms with Gasteiger partial charge in [0.15, 0.2) is 0 Å². The number of hydrogen-bond acceptors (Lipinski definition) is 2. The summed E-state index contributed by atoms with van der Waals surface area (Å²) >= 11 is 0. The molecule has 0 saturated heterocycles. The minimum Gasteiger partial charge on any atom is -0.481 e. The van der Waals surface area contributed by atoms with Crippen LogP contribution in [-0.2, 0) is 0 Å². The molecule has 2 heteroatoms. The Bertz CT molecular complexity index is 638. The summed E-state index contributed by atoms with van der Waals surface area (Å²) in [5, 5.41) is 3.24. The van der Waals surface area contributed by atoms with E-state index in [0.29, 0.717) is 12.6 Å². The van der Waals surface area contributed by atoms with Gasteiger partial charge in [-0.25, -0.2) is 0 Å². The molecule has 1 N–H and O–H groups in total. The van der Waals surface area contributed by atoms with Crippen molar-refractivity contribution in [3.8, 4) is 17.6 Å². The highest BCUT2D eigenvalue weighted by atomic mass is 16.5. The van der Waals surface area contributed by atoms with Crippen molar-refractivity contribution in [2.45, 2.75) is 19.9 Å². The van der Waals surface area contributed by atoms with E-state index in [0.717, 1.165) is 16.9 Å². The standard InChI is InChI=1S/C19H21NO/c1-15-14-18(16(2)20-3)11-12-19(15)21-13-7-10-17-8-5-4-6-9-17/h4-6,8-9,11-12,14,16,20H,13H2,1-3H3. The molecular formula is C19H21NO. The molecule has 0 fully saturated rings. The van der Waals surface area contributed by atoms with Crippen LogP contribution >= 0.6 is 0 Å². The molecule has 0 aliphatic heterocycles. The van der Waals surface area contributed by atoms with Crippen LogP contribution in [0, 0.1) is 18.8 Å². The monoisotopic (exact) mass is 279 g/mol. The lowest BCUT2D eigenvalue weighted by molar-refractivity contribution is 0.367. The molecule has 2 rings (SSSR count). The van der Waals surface area contributed by atoms with E-state index in [1.807, 2.05) is 43.4 Å². The van der Waals surface area contributed by atoms with Crippen LogP contribution in [0.1, 0.15) is 29.7 Å². The van der Waals surface area contributed by atoms with Gasteiger partial charge in [-0.15, -0.1) is 0 Å². The van der Waals surface area contributed by atoms with Gasteiger partial charge in [0.05, 0.1) is 0 Å². The van der Waals surface area contributed by atoms with Crippen LogP contribution < -0.4 is 10.1 Å². The van der Waals surface area contributed by atoms with Crippen molar-refractivity contribution < 1.29 is 4.74 Å². The highest BCUT2D eigenvalue weighted by molar-refractivity contribution is 5.38. The predicted molar refractivity (Wildman–Crippen MR) is 87.5 cm³/mol. The van der Waals surface area contributed by atoms with Gasteiger partial charge >= 0.3 is 0 Å². The second-order valence-corrected chi connectivity index (χ2v) is 4.99. The molecule has 2 nitrogen and oxygen atoms in total. The van der Waals surface area contributed by atoms with Crippen molar-refractivity contribution in [3.63, 3.8) is 0 Å². The fourth-order valence-corrected chi connectivity index (χ4v) is 2.04. The van der Waals surface area contributed by atoms with Crippen LogP contribution in [0.15, 0.2) is 48.5 Å². The van der Waals surface area contributed by atoms with Crippen molar-refractivity contribution in [3.05, 3.63) is 65.2 Å². The number of aryl methyl sites for hydroxylation is 1. The zero-order valence-electron chi connectivity index (χ0n) is 12.8. The van der Waals surface area contributed by atoms with Crippen molar-refractivity contribution >= 4 is 0 Å². The molecule has 0 heterocycles. The van der Waals surface area contributed by atoms with Gasteiger partial charge in [0.1, 0.15) is 12.4 Å². The molecule has 2 aromatic carbocycles. The molecule has 2 aromatic rings. The van der Waals surface area contributed by atoms with Gasteiger partial charge in [-0.3, -0.25) is 0 Å². The van der Waals surface area contributed by atoms with E-state index in [1.54, 1.807) is 0 Å². The molecule has 0 bridgehead atoms. The summed E-state index contributed by atoms with van der Waals surface area (Å²) in [7, 11) is 1.96. The molecule has 0 aliphatic carbocycles. The molecule has 0 spiro atoms. The molecule has 0 amide bonds. The van der Waals surface area contributed by atoms with Crippen molar-refractivity contribution in [1.82, 2.24) is 5.32 Å². The first-order chi connectivity index (χ1) is 10.2. The number of hydrogen-bond donors (Lipinski definition) is 1. The first-order valence-electron chi connectivity index (χ1n) is 7.15. The summed E-state index contributed by atoms with van der Waals surface area (Å²) in [6, 6.07) is 16.5. The maximum Gasteiger partial charge on any atom is 0.149 e. The Labute approximate surface area is 127 Å². The van der Waals surface area contributed by atoms with Gasteiger partial charge in [0, 0.05) is 11.6 Å². The van der Waals surface area contributed by atoms with Crippen molar-refractivity contribution in [1.29, 1.82) is 0 Å². The lowest BCUT2D eigenvalue weighted by Crippen LogP contribution is -2.12. The number of ether oxygens (including phenoxy) is 1. The van der Waals surface area contributed by atoms with Gasteiger partial charge < -0.3 is 10.1 Å². The normalized spacial score (nSPS) is 11.4. The van der Waals surface area contributed by atoms with Gasteiger partial charge in [-0.05, 0) is 50.2 Å². The van der Waals surface area contributed by atoms with Crippen LogP contribution in [0.3, 0.4) is 0 Å². The maximum absolute atomic E-state index is 5.73. The first kappa shape index (κ1) is 15.2. The first-order valence-corrected chi connectivity index (χ1v) is 7.15. The highest BCUT2D eigenvalue weighted by Crippen LogP contribution is 2.22. The zero-order chi connectivity index (χ0) is 15.1. The highest BCUT2D eigenvalue weighted by Gasteiger charge is 2.05. The van der Waals surface area contributed by atoms with Crippen LogP contribution in [0.4, 0.5) is 0 Å². The third-order valence-corrected chi connectivity index (χ3v) is 3.44. The average molecular weight is 279 g/mol. The fraction of sp³-hybridized carbons (Fsp3) is 0.263. The Morgan fingerprint density at radius 3 is 2.57 bits per heavy atom. The van der Waals surface area contributed by atoms with E-state index < -0.39 is 0 Å². The van der Waals surface area contributed by atoms with Crippen molar-refractivity contribution in [2.24, 2.45) is 0 Å². The Balaban J connectivity index is 1.97. The van der Waals surface area contributed by atoms with E-state index >= 15 is 0 Å². The molecule has 0 saturated carbocycles. The summed E-state index contributed by atoms with van der Waals surface area (Å²) in [4.78, 5) is 0. The van der Waals surface area contributed by atoms with Gasteiger partial charge in [0.25, 0.3) is 0 Å². The topological polar surface area (TPSA) is 21.3 Å². The number of nitrogens with one attached hydrogen (secondary N) is 1. The largest absolute Gasteiger partial charge is 0.481 e. The summed E-state index contributed by atoms with van der Waals surface area (Å²) in [5.74, 6) is 7.02. The van der Waals surface area contributed by atoms with E-state index in [-0.39, 0.29) is 0 Å². The zero-order valence-corrected chi connectivity index (χ0v) is 12.8. The van der Waals surface area contributed by atoms with Crippen molar-refractivity contribution in [2.75, 3.05) is 13.7 Å². The summed E-state index contributed by atoms with van der Waals surface area (Å²) < 4.78 is 5.73. The van der Waals surface area contributed by atoms with E-state index in [9.17, 15) is 0 Å². The van der Waals surface area contributed by atoms with Crippen LogP contribution in [0.25, 0.3) is 0 Å². The van der Waals surface area contributed by atoms with Gasteiger partial charge in [-0.1, -0.05) is 42.2 Å². The summed E-state index contributed by atoms with van der Waals surface area (Å²) in [6.07, 6.45) is 0. The maximum atomic E-state index is 5.73. The number of rotatable bonds is 4. The molecule has 0 aliphatic rings. The van der Waals surface area contributed by atoms with Crippen LogP contribution in [-0.4, -0.2) is 13.7 Å². The molecule has 1 unspecified atom stereocenters. The Hall–Kier alpha value is -2.24. The molecule has 0 radical (unpaired) electrons. The summed E-state index contributed by atoms with van der Waals surface area (Å²) in [5.41, 5.74) is 3.41. The molecule has 108 valence electrons. The Morgan fingerprint density at radius 2 is 1.90 bits per heavy atom. The van der Waals surface area contributed by atoms with E-state index in [2.05, 4.69) is 43.1 Å². The second-order valence-electron chi connectivity index (χ2n) is 4.99. The third-order valence-electron chi connectivity index (χ3n) is 3.44. The Morgan fingerprint density at radius 1 is 1.14 bits per heavy atom. The summed E-state index contributed by atoms with van der Waals surface area (Å²) in [6.45, 7) is 4.60. The smallest absolute Gasteiger partial charge is 0.149 e. The third kappa shape index (κ3) is 4.37. The van der Waals surface area contributed by atoms with Crippen LogP contribution in [0.5, 0.6) is 5.75 Å². The number of benzene rings is 2. The SMILES string of the molecule is CNC(C)c1ccc(OCC#Cc2ccccc2)c(C)c1. The Kier molecular flexibility index (Phi) is 5.43. The lowest BCUT2D eigenvalue weighted by Gasteiger charge is -2.13. The average Bonchev–Trinajstić information content (AvgIpc) is 2.53. The molecular weight excluding hydrogens is 258 g/mol. The second kappa shape index (κ2) is 7.52. The lowest BCUT2D eigenvalue weighted by atomic mass is 10.1. The predicted octanol–water partition coefficient (Wildman–Crippen LogP) is 3.71.